The standard InChI is InChI=1S/C22H21ClN2O4S/c1-25(15-16-5-3-8-20(13-16)29-2)22(26)17-6-4-7-19(14-17)24-30(27,28)21-11-9-18(23)10-12-21/h3-14,24H,15H2,1-2H3. The number of nitrogens with one attached hydrogen (secondary N) is 1. The molecule has 3 rings (SSSR count). The summed E-state index contributed by atoms with van der Waals surface area (Å²) in [6.07, 6.45) is 0. The first-order chi connectivity index (χ1) is 14.3. The molecular formula is C22H21ClN2O4S. The molecule has 0 aliphatic heterocycles. The number of carbonyl (C=O) groups is 1. The topological polar surface area (TPSA) is 75.7 Å². The van der Waals surface area contributed by atoms with Gasteiger partial charge < -0.3 is 9.64 Å². The normalized spacial score (nSPS) is 11.0. The maximum Gasteiger partial charge on any atom is 0.261 e. The Kier molecular flexibility index (Phi) is 6.64. The zero-order valence-electron chi connectivity index (χ0n) is 16.5. The maximum atomic E-state index is 12.8. The van der Waals surface area contributed by atoms with Gasteiger partial charge in [0.25, 0.3) is 15.9 Å². The lowest BCUT2D eigenvalue weighted by Gasteiger charge is -2.18. The number of hydrogen-bond donors (Lipinski definition) is 1. The molecule has 0 aliphatic carbocycles. The average Bonchev–Trinajstić information content (AvgIpc) is 2.73. The molecule has 8 heteroatoms. The Morgan fingerprint density at radius 1 is 1.03 bits per heavy atom. The highest BCUT2D eigenvalue weighted by molar-refractivity contribution is 7.92. The predicted molar refractivity (Wildman–Crippen MR) is 117 cm³/mol. The second kappa shape index (κ2) is 9.19. The fraction of sp³-hybridized carbons (Fsp3) is 0.136. The highest BCUT2D eigenvalue weighted by Crippen LogP contribution is 2.20. The van der Waals surface area contributed by atoms with E-state index < -0.39 is 10.0 Å². The van der Waals surface area contributed by atoms with Crippen molar-refractivity contribution < 1.29 is 17.9 Å². The molecule has 0 fully saturated rings. The van der Waals surface area contributed by atoms with Crippen LogP contribution in [-0.2, 0) is 16.6 Å². The SMILES string of the molecule is COc1cccc(CN(C)C(=O)c2cccc(NS(=O)(=O)c3ccc(Cl)cc3)c2)c1. The Morgan fingerprint density at radius 3 is 2.43 bits per heavy atom. The van der Waals surface area contributed by atoms with Gasteiger partial charge >= 0.3 is 0 Å². The van der Waals surface area contributed by atoms with Crippen LogP contribution in [0.4, 0.5) is 5.69 Å². The van der Waals surface area contributed by atoms with Crippen molar-refractivity contribution in [3.8, 4) is 5.75 Å². The van der Waals surface area contributed by atoms with E-state index in [0.717, 1.165) is 5.56 Å². The number of rotatable bonds is 7. The molecule has 3 aromatic rings. The minimum Gasteiger partial charge on any atom is -0.497 e. The average molecular weight is 445 g/mol. The van der Waals surface area contributed by atoms with Crippen LogP contribution in [0.2, 0.25) is 5.02 Å². The molecule has 156 valence electrons. The quantitative estimate of drug-likeness (QED) is 0.585. The molecule has 3 aromatic carbocycles. The summed E-state index contributed by atoms with van der Waals surface area (Å²) >= 11 is 5.82. The summed E-state index contributed by atoms with van der Waals surface area (Å²) in [7, 11) is -0.522. The number of benzene rings is 3. The van der Waals surface area contributed by atoms with E-state index in [2.05, 4.69) is 4.72 Å². The number of sulfonamides is 1. The molecule has 0 saturated carbocycles. The van der Waals surface area contributed by atoms with Crippen LogP contribution in [0, 0.1) is 0 Å². The van der Waals surface area contributed by atoms with E-state index in [0.29, 0.717) is 28.6 Å². The molecule has 0 radical (unpaired) electrons. The van der Waals surface area contributed by atoms with Gasteiger partial charge in [-0.2, -0.15) is 0 Å². The number of carbonyl (C=O) groups excluding carboxylic acids is 1. The molecule has 30 heavy (non-hydrogen) atoms. The number of ether oxygens (including phenoxy) is 1. The molecule has 6 nitrogen and oxygen atoms in total. The van der Waals surface area contributed by atoms with Crippen molar-refractivity contribution in [2.45, 2.75) is 11.4 Å². The molecule has 1 N–H and O–H groups in total. The molecule has 0 unspecified atom stereocenters. The van der Waals surface area contributed by atoms with Crippen LogP contribution >= 0.6 is 11.6 Å². The van der Waals surface area contributed by atoms with Crippen molar-refractivity contribution in [2.75, 3.05) is 18.9 Å². The van der Waals surface area contributed by atoms with Crippen LogP contribution in [0.25, 0.3) is 0 Å². The Morgan fingerprint density at radius 2 is 1.73 bits per heavy atom. The largest absolute Gasteiger partial charge is 0.497 e. The lowest BCUT2D eigenvalue weighted by atomic mass is 10.1. The smallest absolute Gasteiger partial charge is 0.261 e. The molecule has 0 bridgehead atoms. The van der Waals surface area contributed by atoms with E-state index in [-0.39, 0.29) is 10.8 Å². The number of halogens is 1. The second-order valence-electron chi connectivity index (χ2n) is 6.65. The van der Waals surface area contributed by atoms with Gasteiger partial charge in [0.05, 0.1) is 12.0 Å². The summed E-state index contributed by atoms with van der Waals surface area (Å²) < 4.78 is 32.8. The second-order valence-corrected chi connectivity index (χ2v) is 8.77. The molecule has 1 amide bonds. The van der Waals surface area contributed by atoms with Crippen molar-refractivity contribution in [3.63, 3.8) is 0 Å². The Hall–Kier alpha value is -3.03. The van der Waals surface area contributed by atoms with Gasteiger partial charge in [-0.3, -0.25) is 9.52 Å². The zero-order chi connectivity index (χ0) is 21.7. The number of anilines is 1. The summed E-state index contributed by atoms with van der Waals surface area (Å²) in [5.41, 5.74) is 1.59. The van der Waals surface area contributed by atoms with E-state index >= 15 is 0 Å². The minimum absolute atomic E-state index is 0.0822. The summed E-state index contributed by atoms with van der Waals surface area (Å²) in [6, 6.07) is 19.7. The summed E-state index contributed by atoms with van der Waals surface area (Å²) in [5, 5.41) is 0.445. The molecule has 0 atom stereocenters. The first-order valence-corrected chi connectivity index (χ1v) is 10.9. The molecule has 0 aromatic heterocycles. The van der Waals surface area contributed by atoms with Gasteiger partial charge in [-0.1, -0.05) is 29.8 Å². The van der Waals surface area contributed by atoms with Crippen LogP contribution in [0.3, 0.4) is 0 Å². The van der Waals surface area contributed by atoms with Gasteiger partial charge in [0, 0.05) is 29.9 Å². The van der Waals surface area contributed by atoms with Gasteiger partial charge in [0.1, 0.15) is 5.75 Å². The van der Waals surface area contributed by atoms with E-state index in [1.165, 1.54) is 30.3 Å². The molecular weight excluding hydrogens is 424 g/mol. The highest BCUT2D eigenvalue weighted by atomic mass is 35.5. The monoisotopic (exact) mass is 444 g/mol. The fourth-order valence-corrected chi connectivity index (χ4v) is 4.06. The van der Waals surface area contributed by atoms with Crippen LogP contribution in [0.1, 0.15) is 15.9 Å². The third-order valence-electron chi connectivity index (χ3n) is 4.39. The van der Waals surface area contributed by atoms with E-state index in [9.17, 15) is 13.2 Å². The molecule has 0 heterocycles. The summed E-state index contributed by atoms with van der Waals surface area (Å²) in [6.45, 7) is 0.386. The lowest BCUT2D eigenvalue weighted by molar-refractivity contribution is 0.0785. The summed E-state index contributed by atoms with van der Waals surface area (Å²) in [5.74, 6) is 0.484. The van der Waals surface area contributed by atoms with Gasteiger partial charge in [-0.05, 0) is 60.2 Å². The lowest BCUT2D eigenvalue weighted by Crippen LogP contribution is -2.26. The van der Waals surface area contributed by atoms with Gasteiger partial charge in [-0.15, -0.1) is 0 Å². The van der Waals surface area contributed by atoms with E-state index in [4.69, 9.17) is 16.3 Å². The summed E-state index contributed by atoms with van der Waals surface area (Å²) in [4.78, 5) is 14.5. The minimum atomic E-state index is -3.80. The maximum absolute atomic E-state index is 12.8. The predicted octanol–water partition coefficient (Wildman–Crippen LogP) is 4.42. The van der Waals surface area contributed by atoms with Gasteiger partial charge in [-0.25, -0.2) is 8.42 Å². The van der Waals surface area contributed by atoms with Crippen LogP contribution < -0.4 is 9.46 Å². The van der Waals surface area contributed by atoms with Crippen molar-refractivity contribution in [2.24, 2.45) is 0 Å². The van der Waals surface area contributed by atoms with Crippen molar-refractivity contribution in [1.29, 1.82) is 0 Å². The van der Waals surface area contributed by atoms with Crippen molar-refractivity contribution >= 4 is 33.2 Å². The van der Waals surface area contributed by atoms with Crippen LogP contribution in [-0.4, -0.2) is 33.4 Å². The van der Waals surface area contributed by atoms with E-state index in [1.807, 2.05) is 24.3 Å². The first-order valence-electron chi connectivity index (χ1n) is 9.05. The fourth-order valence-electron chi connectivity index (χ4n) is 2.88. The number of amides is 1. The van der Waals surface area contributed by atoms with Crippen LogP contribution in [0.15, 0.2) is 77.7 Å². The Bertz CT molecular complexity index is 1150. The van der Waals surface area contributed by atoms with Crippen LogP contribution in [0.5, 0.6) is 5.75 Å². The Balaban J connectivity index is 1.75. The number of nitrogens with zero attached hydrogens (tertiary/aromatic N) is 1. The molecule has 0 saturated heterocycles. The van der Waals surface area contributed by atoms with E-state index in [1.54, 1.807) is 37.3 Å². The van der Waals surface area contributed by atoms with Gasteiger partial charge in [0.2, 0.25) is 0 Å². The number of methoxy groups -OCH3 is 1. The highest BCUT2D eigenvalue weighted by Gasteiger charge is 2.17. The first kappa shape index (κ1) is 21.7. The zero-order valence-corrected chi connectivity index (χ0v) is 18.1. The van der Waals surface area contributed by atoms with Crippen molar-refractivity contribution in [1.82, 2.24) is 4.90 Å². The third kappa shape index (κ3) is 5.31. The third-order valence-corrected chi connectivity index (χ3v) is 6.04. The van der Waals surface area contributed by atoms with Crippen molar-refractivity contribution in [3.05, 3.63) is 88.9 Å². The molecule has 0 spiro atoms. The Labute approximate surface area is 181 Å². The number of hydrogen-bond acceptors (Lipinski definition) is 4. The molecule has 0 aliphatic rings. The van der Waals surface area contributed by atoms with Gasteiger partial charge in [0.15, 0.2) is 0 Å².